The van der Waals surface area contributed by atoms with Gasteiger partial charge in [-0.3, -0.25) is 0 Å². The molecule has 6 nitrogen and oxygen atoms in total. The normalized spacial score (nSPS) is 17.3. The number of nitrogens with two attached hydrogens (primary N) is 1. The number of nitrogens with one attached hydrogen (secondary N) is 1. The van der Waals surface area contributed by atoms with Crippen LogP contribution in [0.15, 0.2) is 24.3 Å². The number of benzene rings is 1. The number of rotatable bonds is 6. The highest BCUT2D eigenvalue weighted by Crippen LogP contribution is 2.14. The highest BCUT2D eigenvalue weighted by Gasteiger charge is 2.22. The second-order valence-corrected chi connectivity index (χ2v) is 6.89. The van der Waals surface area contributed by atoms with Crippen molar-refractivity contribution in [3.05, 3.63) is 24.3 Å². The van der Waals surface area contributed by atoms with Crippen LogP contribution in [0, 0.1) is 0 Å². The van der Waals surface area contributed by atoms with Crippen molar-refractivity contribution < 1.29 is 13.2 Å². The highest BCUT2D eigenvalue weighted by molar-refractivity contribution is 7.87. The molecule has 7 heteroatoms. The molecule has 0 aromatic heterocycles. The summed E-state index contributed by atoms with van der Waals surface area (Å²) >= 11 is 0. The monoisotopic (exact) mass is 313 g/mol. The van der Waals surface area contributed by atoms with Crippen LogP contribution in [-0.4, -0.2) is 39.0 Å². The summed E-state index contributed by atoms with van der Waals surface area (Å²) in [6.45, 7) is 1.72. The fourth-order valence-electron chi connectivity index (χ4n) is 2.32. The first kappa shape index (κ1) is 16.1. The lowest BCUT2D eigenvalue weighted by molar-refractivity contribution is 0.319. The van der Waals surface area contributed by atoms with Crippen molar-refractivity contribution in [2.45, 2.75) is 25.7 Å². The zero-order valence-electron chi connectivity index (χ0n) is 12.1. The minimum absolute atomic E-state index is 0.244. The molecule has 21 heavy (non-hydrogen) atoms. The van der Waals surface area contributed by atoms with Crippen molar-refractivity contribution in [1.82, 2.24) is 9.03 Å². The van der Waals surface area contributed by atoms with E-state index < -0.39 is 10.2 Å². The molecule has 1 saturated heterocycles. The van der Waals surface area contributed by atoms with E-state index in [0.717, 1.165) is 25.7 Å². The molecule has 1 fully saturated rings. The topological polar surface area (TPSA) is 84.7 Å². The first-order valence-corrected chi connectivity index (χ1v) is 8.75. The van der Waals surface area contributed by atoms with Gasteiger partial charge in [0.25, 0.3) is 10.2 Å². The van der Waals surface area contributed by atoms with Crippen LogP contribution in [0.4, 0.5) is 5.69 Å². The summed E-state index contributed by atoms with van der Waals surface area (Å²) in [5, 5.41) is 0. The highest BCUT2D eigenvalue weighted by atomic mass is 32.2. The van der Waals surface area contributed by atoms with Gasteiger partial charge in [0.2, 0.25) is 0 Å². The SMILES string of the molecule is Nc1cccc(OCCNS(=O)(=O)N2CCCCCC2)c1. The molecule has 1 aromatic carbocycles. The maximum Gasteiger partial charge on any atom is 0.279 e. The number of nitrogen functional groups attached to an aromatic ring is 1. The molecular weight excluding hydrogens is 290 g/mol. The third kappa shape index (κ3) is 5.18. The molecule has 0 amide bonds. The van der Waals surface area contributed by atoms with Crippen molar-refractivity contribution >= 4 is 15.9 Å². The van der Waals surface area contributed by atoms with Gasteiger partial charge in [0.05, 0.1) is 0 Å². The van der Waals surface area contributed by atoms with E-state index in [1.807, 2.05) is 0 Å². The van der Waals surface area contributed by atoms with Crippen LogP contribution < -0.4 is 15.2 Å². The molecule has 0 aliphatic carbocycles. The van der Waals surface area contributed by atoms with Crippen LogP contribution in [0.1, 0.15) is 25.7 Å². The number of nitrogens with zero attached hydrogens (tertiary/aromatic N) is 1. The first-order valence-electron chi connectivity index (χ1n) is 7.31. The molecule has 1 aromatic rings. The molecule has 0 atom stereocenters. The number of ether oxygens (including phenoxy) is 1. The summed E-state index contributed by atoms with van der Waals surface area (Å²) in [6, 6.07) is 7.07. The lowest BCUT2D eigenvalue weighted by atomic mass is 10.2. The number of hydrogen-bond donors (Lipinski definition) is 2. The van der Waals surface area contributed by atoms with E-state index in [4.69, 9.17) is 10.5 Å². The van der Waals surface area contributed by atoms with Crippen molar-refractivity contribution in [2.24, 2.45) is 0 Å². The summed E-state index contributed by atoms with van der Waals surface area (Å²) in [5.74, 6) is 0.643. The second kappa shape index (κ2) is 7.63. The maximum atomic E-state index is 12.1. The minimum Gasteiger partial charge on any atom is -0.492 e. The molecule has 1 heterocycles. The summed E-state index contributed by atoms with van der Waals surface area (Å²) in [5.41, 5.74) is 6.27. The Morgan fingerprint density at radius 3 is 2.57 bits per heavy atom. The van der Waals surface area contributed by atoms with E-state index in [2.05, 4.69) is 4.72 Å². The Bertz CT molecular complexity index is 540. The van der Waals surface area contributed by atoms with E-state index in [9.17, 15) is 8.42 Å². The van der Waals surface area contributed by atoms with Crippen molar-refractivity contribution in [2.75, 3.05) is 32.0 Å². The Kier molecular flexibility index (Phi) is 5.84. The molecule has 0 radical (unpaired) electrons. The Labute approximate surface area is 126 Å². The van der Waals surface area contributed by atoms with E-state index in [1.54, 1.807) is 24.3 Å². The Morgan fingerprint density at radius 1 is 1.19 bits per heavy atom. The average Bonchev–Trinajstić information content (AvgIpc) is 2.73. The van der Waals surface area contributed by atoms with E-state index in [0.29, 0.717) is 24.5 Å². The molecule has 0 unspecified atom stereocenters. The first-order chi connectivity index (χ1) is 10.1. The van der Waals surface area contributed by atoms with Crippen LogP contribution in [0.3, 0.4) is 0 Å². The predicted octanol–water partition coefficient (Wildman–Crippen LogP) is 1.36. The maximum absolute atomic E-state index is 12.1. The van der Waals surface area contributed by atoms with Crippen LogP contribution in [0.5, 0.6) is 5.75 Å². The molecule has 0 saturated carbocycles. The molecule has 0 bridgehead atoms. The van der Waals surface area contributed by atoms with Gasteiger partial charge in [-0.05, 0) is 25.0 Å². The van der Waals surface area contributed by atoms with Gasteiger partial charge in [0, 0.05) is 31.4 Å². The van der Waals surface area contributed by atoms with Crippen molar-refractivity contribution in [1.29, 1.82) is 0 Å². The summed E-state index contributed by atoms with van der Waals surface area (Å²) in [7, 11) is -3.39. The zero-order chi connectivity index (χ0) is 15.1. The lowest BCUT2D eigenvalue weighted by Crippen LogP contribution is -2.42. The Morgan fingerprint density at radius 2 is 1.90 bits per heavy atom. The number of anilines is 1. The summed E-state index contributed by atoms with van der Waals surface area (Å²) in [6.07, 6.45) is 4.07. The summed E-state index contributed by atoms with van der Waals surface area (Å²) in [4.78, 5) is 0. The van der Waals surface area contributed by atoms with Crippen molar-refractivity contribution in [3.8, 4) is 5.75 Å². The predicted molar refractivity (Wildman–Crippen MR) is 83.3 cm³/mol. The molecule has 3 N–H and O–H groups in total. The van der Waals surface area contributed by atoms with Crippen LogP contribution in [0.2, 0.25) is 0 Å². The van der Waals surface area contributed by atoms with Gasteiger partial charge in [-0.1, -0.05) is 18.9 Å². The van der Waals surface area contributed by atoms with Crippen LogP contribution in [0.25, 0.3) is 0 Å². The zero-order valence-corrected chi connectivity index (χ0v) is 12.9. The number of hydrogen-bond acceptors (Lipinski definition) is 4. The summed E-state index contributed by atoms with van der Waals surface area (Å²) < 4.78 is 33.9. The fraction of sp³-hybridized carbons (Fsp3) is 0.571. The molecule has 2 rings (SSSR count). The average molecular weight is 313 g/mol. The Hall–Kier alpha value is -1.31. The molecule has 0 spiro atoms. The Balaban J connectivity index is 1.76. The second-order valence-electron chi connectivity index (χ2n) is 5.13. The molecule has 1 aliphatic heterocycles. The van der Waals surface area contributed by atoms with Gasteiger partial charge >= 0.3 is 0 Å². The van der Waals surface area contributed by atoms with Gasteiger partial charge in [-0.15, -0.1) is 0 Å². The van der Waals surface area contributed by atoms with Gasteiger partial charge in [-0.2, -0.15) is 17.4 Å². The molecule has 118 valence electrons. The van der Waals surface area contributed by atoms with Crippen LogP contribution >= 0.6 is 0 Å². The minimum atomic E-state index is -3.39. The lowest BCUT2D eigenvalue weighted by Gasteiger charge is -2.20. The fourth-order valence-corrected chi connectivity index (χ4v) is 3.58. The molecular formula is C14H23N3O3S. The quantitative estimate of drug-likeness (QED) is 0.613. The van der Waals surface area contributed by atoms with Gasteiger partial charge in [0.1, 0.15) is 12.4 Å². The van der Waals surface area contributed by atoms with E-state index in [-0.39, 0.29) is 13.2 Å². The van der Waals surface area contributed by atoms with E-state index in [1.165, 1.54) is 4.31 Å². The largest absolute Gasteiger partial charge is 0.492 e. The smallest absolute Gasteiger partial charge is 0.279 e. The standard InChI is InChI=1S/C14H23N3O3S/c15-13-6-5-7-14(12-13)20-11-8-16-21(18,19)17-9-3-1-2-4-10-17/h5-7,12,16H,1-4,8-11,15H2. The van der Waals surface area contributed by atoms with Gasteiger partial charge in [0.15, 0.2) is 0 Å². The van der Waals surface area contributed by atoms with E-state index >= 15 is 0 Å². The third-order valence-corrected chi connectivity index (χ3v) is 5.03. The van der Waals surface area contributed by atoms with Gasteiger partial charge < -0.3 is 10.5 Å². The van der Waals surface area contributed by atoms with Gasteiger partial charge in [-0.25, -0.2) is 0 Å². The third-order valence-electron chi connectivity index (χ3n) is 3.42. The van der Waals surface area contributed by atoms with Crippen LogP contribution in [-0.2, 0) is 10.2 Å². The van der Waals surface area contributed by atoms with Crippen molar-refractivity contribution in [3.63, 3.8) is 0 Å². The molecule has 1 aliphatic rings.